The van der Waals surface area contributed by atoms with E-state index in [1.165, 1.54) is 0 Å². The number of nitrogens with two attached hydrogens (primary N) is 1. The number of nitrogens with one attached hydrogen (secondary N) is 2. The molecule has 0 bridgehead atoms. The predicted octanol–water partition coefficient (Wildman–Crippen LogP) is 2.91. The van der Waals surface area contributed by atoms with Crippen LogP contribution in [0.3, 0.4) is 0 Å². The van der Waals surface area contributed by atoms with E-state index in [1.54, 1.807) is 30.6 Å². The van der Waals surface area contributed by atoms with Gasteiger partial charge in [-0.2, -0.15) is 9.97 Å². The van der Waals surface area contributed by atoms with Crippen LogP contribution in [0.4, 0.5) is 17.5 Å². The van der Waals surface area contributed by atoms with Crippen LogP contribution in [0.25, 0.3) is 11.2 Å². The van der Waals surface area contributed by atoms with Gasteiger partial charge in [-0.15, -0.1) is 0 Å². The number of rotatable bonds is 6. The van der Waals surface area contributed by atoms with E-state index in [0.717, 1.165) is 32.1 Å². The summed E-state index contributed by atoms with van der Waals surface area (Å²) in [5.74, 6) is -0.0470. The lowest BCUT2D eigenvalue weighted by Crippen LogP contribution is -2.33. The van der Waals surface area contributed by atoms with Gasteiger partial charge < -0.3 is 30.8 Å². The zero-order valence-electron chi connectivity index (χ0n) is 17.7. The molecule has 3 aromatic rings. The van der Waals surface area contributed by atoms with E-state index in [2.05, 4.69) is 20.6 Å². The molecule has 1 aliphatic carbocycles. The van der Waals surface area contributed by atoms with Gasteiger partial charge in [-0.05, 0) is 44.2 Å². The maximum Gasteiger partial charge on any atom is 0.337 e. The van der Waals surface area contributed by atoms with E-state index in [0.29, 0.717) is 41.8 Å². The average Bonchev–Trinajstić information content (AvgIpc) is 3.45. The summed E-state index contributed by atoms with van der Waals surface area (Å²) in [6.07, 6.45) is 6.51. The largest absolute Gasteiger partial charge is 0.478 e. The first kappa shape index (κ1) is 20.7. The Morgan fingerprint density at radius 3 is 2.72 bits per heavy atom. The topological polar surface area (TPSA) is 140 Å². The van der Waals surface area contributed by atoms with Gasteiger partial charge in [0.05, 0.1) is 30.2 Å². The minimum atomic E-state index is -1.01. The first-order valence-electron chi connectivity index (χ1n) is 11.0. The van der Waals surface area contributed by atoms with Crippen molar-refractivity contribution in [2.24, 2.45) is 5.73 Å². The molecule has 2 aliphatic rings. The number of ether oxygens (including phenoxy) is 1. The molecular formula is C22H27N7O3. The van der Waals surface area contributed by atoms with Crippen molar-refractivity contribution >= 4 is 34.6 Å². The van der Waals surface area contributed by atoms with Gasteiger partial charge in [0.1, 0.15) is 0 Å². The SMILES string of the molecule is NC1CCC(Nc2nc(Nc3ccccc3C(=O)O)c3ncn(C4CCOC4)c3n2)CC1. The zero-order chi connectivity index (χ0) is 22.1. The monoisotopic (exact) mass is 437 g/mol. The van der Waals surface area contributed by atoms with Gasteiger partial charge in [-0.1, -0.05) is 12.1 Å². The summed E-state index contributed by atoms with van der Waals surface area (Å²) in [6, 6.07) is 7.42. The quantitative estimate of drug-likeness (QED) is 0.458. The molecule has 0 radical (unpaired) electrons. The van der Waals surface area contributed by atoms with E-state index < -0.39 is 5.97 Å². The predicted molar refractivity (Wildman–Crippen MR) is 120 cm³/mol. The van der Waals surface area contributed by atoms with Crippen molar-refractivity contribution in [1.82, 2.24) is 19.5 Å². The minimum absolute atomic E-state index is 0.162. The second kappa shape index (κ2) is 8.71. The fraction of sp³-hybridized carbons (Fsp3) is 0.455. The lowest BCUT2D eigenvalue weighted by Gasteiger charge is -2.27. The summed E-state index contributed by atoms with van der Waals surface area (Å²) in [7, 11) is 0. The standard InChI is InChI=1S/C22H27N7O3/c23-13-5-7-14(8-6-13)25-22-27-19(26-17-4-2-1-3-16(17)21(30)31)18-20(28-22)29(12-24-18)15-9-10-32-11-15/h1-4,12-15H,5-11,23H2,(H,30,31)(H2,25,26,27,28). The summed E-state index contributed by atoms with van der Waals surface area (Å²) in [6.45, 7) is 1.32. The third-order valence-electron chi connectivity index (χ3n) is 6.24. The minimum Gasteiger partial charge on any atom is -0.478 e. The molecule has 32 heavy (non-hydrogen) atoms. The van der Waals surface area contributed by atoms with Crippen LogP contribution in [-0.2, 0) is 4.74 Å². The van der Waals surface area contributed by atoms with E-state index in [4.69, 9.17) is 15.5 Å². The number of aromatic carboxylic acids is 1. The Bertz CT molecular complexity index is 1120. The molecule has 10 nitrogen and oxygen atoms in total. The molecule has 0 amide bonds. The number of imidazole rings is 1. The number of fused-ring (bicyclic) bond motifs is 1. The summed E-state index contributed by atoms with van der Waals surface area (Å²) >= 11 is 0. The number of hydrogen-bond acceptors (Lipinski definition) is 8. The molecule has 10 heteroatoms. The molecule has 1 aromatic carbocycles. The normalized spacial score (nSPS) is 23.3. The van der Waals surface area contributed by atoms with Gasteiger partial charge in [0.15, 0.2) is 17.0 Å². The third-order valence-corrected chi connectivity index (χ3v) is 6.24. The third kappa shape index (κ3) is 4.11. The highest BCUT2D eigenvalue weighted by atomic mass is 16.5. The Kier molecular flexibility index (Phi) is 5.62. The Morgan fingerprint density at radius 2 is 1.97 bits per heavy atom. The Labute approximate surface area is 185 Å². The maximum atomic E-state index is 11.7. The number of para-hydroxylation sites is 1. The number of benzene rings is 1. The van der Waals surface area contributed by atoms with Gasteiger partial charge >= 0.3 is 5.97 Å². The lowest BCUT2D eigenvalue weighted by atomic mass is 9.92. The van der Waals surface area contributed by atoms with Gasteiger partial charge in [0.2, 0.25) is 5.95 Å². The van der Waals surface area contributed by atoms with Gasteiger partial charge in [-0.3, -0.25) is 0 Å². The molecular weight excluding hydrogens is 410 g/mol. The Hall–Kier alpha value is -3.24. The molecule has 5 rings (SSSR count). The number of anilines is 3. The summed E-state index contributed by atoms with van der Waals surface area (Å²) in [4.78, 5) is 25.7. The molecule has 168 valence electrons. The first-order chi connectivity index (χ1) is 15.6. The Balaban J connectivity index is 1.54. The van der Waals surface area contributed by atoms with Gasteiger partial charge in [0, 0.05) is 18.7 Å². The van der Waals surface area contributed by atoms with E-state index in [9.17, 15) is 9.90 Å². The van der Waals surface area contributed by atoms with E-state index in [1.807, 2.05) is 4.57 Å². The second-order valence-electron chi connectivity index (χ2n) is 8.47. The molecule has 5 N–H and O–H groups in total. The van der Waals surface area contributed by atoms with Crippen LogP contribution < -0.4 is 16.4 Å². The number of carboxylic acid groups (broad SMARTS) is 1. The lowest BCUT2D eigenvalue weighted by molar-refractivity contribution is 0.0698. The number of carboxylic acids is 1. The van der Waals surface area contributed by atoms with E-state index >= 15 is 0 Å². The highest BCUT2D eigenvalue weighted by molar-refractivity contribution is 5.96. The molecule has 1 atom stereocenters. The van der Waals surface area contributed by atoms with Crippen molar-refractivity contribution < 1.29 is 14.6 Å². The maximum absolute atomic E-state index is 11.7. The smallest absolute Gasteiger partial charge is 0.337 e. The van der Waals surface area contributed by atoms with Crippen LogP contribution in [0, 0.1) is 0 Å². The molecule has 1 aliphatic heterocycles. The molecule has 1 saturated heterocycles. The molecule has 0 spiro atoms. The van der Waals surface area contributed by atoms with Crippen molar-refractivity contribution in [3.05, 3.63) is 36.2 Å². The Morgan fingerprint density at radius 1 is 1.16 bits per heavy atom. The van der Waals surface area contributed by atoms with Crippen LogP contribution in [0.15, 0.2) is 30.6 Å². The summed E-state index contributed by atoms with van der Waals surface area (Å²) < 4.78 is 7.59. The number of carbonyl (C=O) groups is 1. The van der Waals surface area contributed by atoms with Crippen molar-refractivity contribution in [2.75, 3.05) is 23.8 Å². The fourth-order valence-electron chi connectivity index (χ4n) is 4.43. The highest BCUT2D eigenvalue weighted by Gasteiger charge is 2.24. The van der Waals surface area contributed by atoms with Crippen LogP contribution in [-0.4, -0.2) is 55.9 Å². The molecule has 2 aromatic heterocycles. The number of hydrogen-bond donors (Lipinski definition) is 4. The molecule has 1 unspecified atom stereocenters. The van der Waals surface area contributed by atoms with Crippen molar-refractivity contribution in [2.45, 2.75) is 50.2 Å². The molecule has 3 heterocycles. The van der Waals surface area contributed by atoms with Crippen LogP contribution in [0.5, 0.6) is 0 Å². The van der Waals surface area contributed by atoms with Gasteiger partial charge in [-0.25, -0.2) is 9.78 Å². The summed E-state index contributed by atoms with van der Waals surface area (Å²) in [5, 5.41) is 16.2. The average molecular weight is 438 g/mol. The molecule has 1 saturated carbocycles. The fourth-order valence-corrected chi connectivity index (χ4v) is 4.43. The summed E-state index contributed by atoms with van der Waals surface area (Å²) in [5.41, 5.74) is 7.95. The van der Waals surface area contributed by atoms with Crippen molar-refractivity contribution in [3.8, 4) is 0 Å². The molecule has 2 fully saturated rings. The first-order valence-corrected chi connectivity index (χ1v) is 11.0. The number of nitrogens with zero attached hydrogens (tertiary/aromatic N) is 4. The van der Waals surface area contributed by atoms with Gasteiger partial charge in [0.25, 0.3) is 0 Å². The number of aromatic nitrogens is 4. The zero-order valence-corrected chi connectivity index (χ0v) is 17.7. The second-order valence-corrected chi connectivity index (χ2v) is 8.47. The van der Waals surface area contributed by atoms with Crippen LogP contribution in [0.1, 0.15) is 48.5 Å². The van der Waals surface area contributed by atoms with Crippen LogP contribution in [0.2, 0.25) is 0 Å². The van der Waals surface area contributed by atoms with Crippen LogP contribution >= 0.6 is 0 Å². The highest BCUT2D eigenvalue weighted by Crippen LogP contribution is 2.30. The van der Waals surface area contributed by atoms with E-state index in [-0.39, 0.29) is 23.7 Å². The van der Waals surface area contributed by atoms with Crippen molar-refractivity contribution in [1.29, 1.82) is 0 Å². The van der Waals surface area contributed by atoms with Crippen molar-refractivity contribution in [3.63, 3.8) is 0 Å².